The van der Waals surface area contributed by atoms with Crippen molar-refractivity contribution in [2.75, 3.05) is 26.4 Å². The Bertz CT molecular complexity index is 3220. The fourth-order valence-corrected chi connectivity index (χ4v) is 20.5. The van der Waals surface area contributed by atoms with Crippen LogP contribution in [-0.2, 0) is 90.2 Å². The van der Waals surface area contributed by atoms with E-state index in [9.17, 15) is 106 Å². The molecule has 12 aliphatic rings. The maximum Gasteiger partial charge on any atom is 0.335 e. The maximum absolute atomic E-state index is 16.2. The summed E-state index contributed by atoms with van der Waals surface area (Å²) in [5, 5.41) is 196. The van der Waals surface area contributed by atoms with Gasteiger partial charge in [0, 0.05) is 6.92 Å². The van der Waals surface area contributed by atoms with E-state index in [2.05, 4.69) is 40.7 Å². The summed E-state index contributed by atoms with van der Waals surface area (Å²) in [6.07, 6.45) is -54.5. The number of allylic oxidation sites excluding steroid dienone is 2. The molecule has 7 aliphatic heterocycles. The molecule has 0 amide bonds. The van der Waals surface area contributed by atoms with Crippen molar-refractivity contribution >= 4 is 24.2 Å². The topological polar surface area (TPSA) is 571 Å². The summed E-state index contributed by atoms with van der Waals surface area (Å²) in [5.41, 5.74) is -3.93. The molecule has 4 saturated carbocycles. The fraction of sp³-hybridized carbons (Fsp3) is 0.917. The third kappa shape index (κ3) is 15.0. The van der Waals surface area contributed by atoms with Gasteiger partial charge in [0.25, 0.3) is 0 Å². The van der Waals surface area contributed by atoms with E-state index in [1.54, 1.807) is 6.92 Å². The monoisotopic (exact) mass is 1570 g/mol. The van der Waals surface area contributed by atoms with Crippen molar-refractivity contribution in [3.8, 4) is 0 Å². The minimum Gasteiger partial charge on any atom is -0.479 e. The van der Waals surface area contributed by atoms with Gasteiger partial charge in [0.05, 0.1) is 55.6 Å². The highest BCUT2D eigenvalue weighted by molar-refractivity contribution is 5.79. The second-order valence-corrected chi connectivity index (χ2v) is 34.1. The maximum atomic E-state index is 16.2. The van der Waals surface area contributed by atoms with Crippen molar-refractivity contribution in [3.05, 3.63) is 11.6 Å². The highest BCUT2D eigenvalue weighted by Gasteiger charge is 2.72. The van der Waals surface area contributed by atoms with E-state index >= 15 is 4.79 Å². The molecular weight excluding hydrogens is 1460 g/mol. The molecule has 37 heteroatoms. The number of aliphatic carboxylic acids is 1. The zero-order chi connectivity index (χ0) is 79.6. The lowest BCUT2D eigenvalue weighted by Crippen LogP contribution is -2.69. The number of carbonyl (C=O) groups excluding carboxylic acids is 3. The lowest BCUT2D eigenvalue weighted by molar-refractivity contribution is -0.391. The Balaban J connectivity index is 0.841. The molecule has 7 heterocycles. The molecule has 622 valence electrons. The van der Waals surface area contributed by atoms with Crippen LogP contribution in [0.5, 0.6) is 0 Å². The molecule has 0 radical (unpaired) electrons. The van der Waals surface area contributed by atoms with Gasteiger partial charge < -0.3 is 168 Å². The average Bonchev–Trinajstić information content (AvgIpc) is 0.673. The number of carboxylic acids is 1. The van der Waals surface area contributed by atoms with Crippen LogP contribution in [0.3, 0.4) is 0 Å². The third-order valence-corrected chi connectivity index (χ3v) is 27.1. The van der Waals surface area contributed by atoms with Gasteiger partial charge in [-0.05, 0) is 117 Å². The summed E-state index contributed by atoms with van der Waals surface area (Å²) >= 11 is 0. The Labute approximate surface area is 628 Å². The predicted octanol–water partition coefficient (Wildman–Crippen LogP) is -5.39. The van der Waals surface area contributed by atoms with Crippen LogP contribution in [0.25, 0.3) is 0 Å². The number of aliphatic hydroxyl groups is 17. The lowest BCUT2D eigenvalue weighted by Gasteiger charge is -2.71. The first kappa shape index (κ1) is 85.0. The Morgan fingerprint density at radius 2 is 0.982 bits per heavy atom. The number of aldehydes is 1. The van der Waals surface area contributed by atoms with Crippen LogP contribution in [0.4, 0.5) is 0 Å². The number of hydrogen-bond acceptors (Lipinski definition) is 36. The van der Waals surface area contributed by atoms with Gasteiger partial charge in [-0.25, -0.2) is 4.79 Å². The zero-order valence-corrected chi connectivity index (χ0v) is 62.2. The molecule has 7 saturated heterocycles. The number of fused-ring (bicyclic) bond motifs is 7. The van der Waals surface area contributed by atoms with Crippen LogP contribution in [-0.4, -0.2) is 351 Å². The average molecular weight is 1570 g/mol. The molecule has 5 aliphatic carbocycles. The van der Waals surface area contributed by atoms with E-state index in [1.807, 2.05) is 0 Å². The number of aliphatic hydroxyl groups excluding tert-OH is 17. The molecule has 18 N–H and O–H groups in total. The number of hydrogen-bond donors (Lipinski definition) is 18. The van der Waals surface area contributed by atoms with Crippen molar-refractivity contribution in [2.45, 2.75) is 335 Å². The molecule has 109 heavy (non-hydrogen) atoms. The molecule has 42 atom stereocenters. The number of rotatable bonds is 19. The van der Waals surface area contributed by atoms with E-state index in [1.165, 1.54) is 13.8 Å². The van der Waals surface area contributed by atoms with Crippen molar-refractivity contribution < 1.29 is 182 Å². The van der Waals surface area contributed by atoms with Gasteiger partial charge in [0.2, 0.25) is 6.29 Å². The second kappa shape index (κ2) is 32.3. The van der Waals surface area contributed by atoms with Gasteiger partial charge in [-0.2, -0.15) is 0 Å². The number of esters is 2. The summed E-state index contributed by atoms with van der Waals surface area (Å²) in [4.78, 5) is 56.7. The standard InChI is InChI=1S/C72H112O37/c1-26-51(103-59-45(86)38(79)31(77)23-95-59)44(85)49(90)61(97-26)108-57-55(106-62-47(88)42(83)40(81)33(21-73)100-62)52(99-28(3)76)27(2)98-64(57)109-66(94)72-18-16-67(4,5)20-30(72)29-10-11-36-68(6)14-13-37(69(7,25-75)35(68)12-15-71(36,9)70(29,8)17-19-72)102-65-56(107-63-48(89)43(84)41(82)34(22-74)101-63)53(50(91)54(105-65)58(92)93)104-60-46(87)39(80)32(78)24-96-60/h10,25-27,30-57,59-65,73-74,77-91H,11-24H2,1-9H3,(H,92,93)/t26-,27+,30-,31+,32+,33+,34+,35?,36?,37-,38-,39-,40+,41-,42-,43-,44-,45+,46+,47+,48+,49+,50-,51-,52-,53-,54-,55-,56+,57+,59-,60-,61-,62-,63-,64-,65+,68-,69-,70+,71+,72-/m0/s1. The number of ether oxygens (including phenoxy) is 15. The van der Waals surface area contributed by atoms with Crippen LogP contribution in [0, 0.1) is 50.2 Å². The summed E-state index contributed by atoms with van der Waals surface area (Å²) in [6, 6.07) is 0. The quantitative estimate of drug-likeness (QED) is 0.0248. The zero-order valence-electron chi connectivity index (χ0n) is 62.2. The first-order valence-corrected chi connectivity index (χ1v) is 37.8. The summed E-state index contributed by atoms with van der Waals surface area (Å²) in [5.74, 6) is -4.50. The van der Waals surface area contributed by atoms with Crippen LogP contribution < -0.4 is 0 Å². The SMILES string of the molecule is CC(=O)O[C@@H]1[C@H](O[C@@H]2O[C@H](CO)[C@@H](O)[C@H](O)[C@H]2O)[C@@H](O[C@@H]2O[C@@H](C)[C@H](O[C@@H]3OC[C@@H](O)[C@H](O)[C@H]3O)[C@@H](O)[C@H]2O)[C@H](OC(=O)[C@]23CCC(C)(C)C[C@H]2C2=CCC4[C@@]5(C)CC[C@H](O[C@@H]6O[C@H](C(=O)O)[C@@H](O)[C@H](O[C@@H]7OC[C@@H](O)[C@H](O)[C@H]7O)[C@H]6O[C@@H]6O[C@H](CO)[C@H](O)[C@H](O)[C@H]6O)[C@@](C)(C=O)C5CC[C@@]4(C)[C@]2(C)CC3)O[C@@H]1C. The van der Waals surface area contributed by atoms with Crippen LogP contribution in [0.2, 0.25) is 0 Å². The van der Waals surface area contributed by atoms with Crippen molar-refractivity contribution in [2.24, 2.45) is 50.2 Å². The molecule has 0 aromatic carbocycles. The van der Waals surface area contributed by atoms with Gasteiger partial charge in [0.1, 0.15) is 134 Å². The summed E-state index contributed by atoms with van der Waals surface area (Å²) in [7, 11) is 0. The van der Waals surface area contributed by atoms with Gasteiger partial charge in [-0.15, -0.1) is 0 Å². The van der Waals surface area contributed by atoms with Crippen LogP contribution in [0.15, 0.2) is 11.6 Å². The highest BCUT2D eigenvalue weighted by Crippen LogP contribution is 2.76. The van der Waals surface area contributed by atoms with Crippen LogP contribution in [0.1, 0.15) is 127 Å². The third-order valence-electron chi connectivity index (χ3n) is 27.1. The van der Waals surface area contributed by atoms with E-state index < -0.39 is 292 Å². The smallest absolute Gasteiger partial charge is 0.335 e. The molecule has 0 bridgehead atoms. The second-order valence-electron chi connectivity index (χ2n) is 34.1. The Hall–Kier alpha value is -3.38. The van der Waals surface area contributed by atoms with Gasteiger partial charge >= 0.3 is 17.9 Å². The molecule has 0 spiro atoms. The number of carboxylic acid groups (broad SMARTS) is 1. The van der Waals surface area contributed by atoms with E-state index in [4.69, 9.17) is 71.1 Å². The predicted molar refractivity (Wildman–Crippen MR) is 356 cm³/mol. The molecule has 0 aromatic heterocycles. The Morgan fingerprint density at radius 3 is 1.53 bits per heavy atom. The van der Waals surface area contributed by atoms with E-state index in [0.29, 0.717) is 51.4 Å². The first-order chi connectivity index (χ1) is 51.1. The number of carbonyl (C=O) groups is 4. The largest absolute Gasteiger partial charge is 0.479 e. The fourth-order valence-electron chi connectivity index (χ4n) is 20.5. The molecule has 12 rings (SSSR count). The highest BCUT2D eigenvalue weighted by atomic mass is 16.8. The van der Waals surface area contributed by atoms with Crippen LogP contribution >= 0.6 is 0 Å². The normalized spacial score (nSPS) is 53.4. The minimum atomic E-state index is -2.22. The van der Waals surface area contributed by atoms with Gasteiger partial charge in [0.15, 0.2) is 56.1 Å². The van der Waals surface area contributed by atoms with Gasteiger partial charge in [-0.1, -0.05) is 53.2 Å². The van der Waals surface area contributed by atoms with Crippen molar-refractivity contribution in [1.29, 1.82) is 0 Å². The van der Waals surface area contributed by atoms with Gasteiger partial charge in [-0.3, -0.25) is 9.59 Å². The molecule has 11 fully saturated rings. The van der Waals surface area contributed by atoms with E-state index in [-0.39, 0.29) is 24.2 Å². The van der Waals surface area contributed by atoms with Crippen molar-refractivity contribution in [3.63, 3.8) is 0 Å². The molecule has 37 nitrogen and oxygen atoms in total. The molecular formula is C72H112O37. The summed E-state index contributed by atoms with van der Waals surface area (Å²) in [6.45, 7) is 13.7. The summed E-state index contributed by atoms with van der Waals surface area (Å²) < 4.78 is 91.7. The minimum absolute atomic E-state index is 0.114. The molecule has 2 unspecified atom stereocenters. The van der Waals surface area contributed by atoms with Crippen molar-refractivity contribution in [1.82, 2.24) is 0 Å². The molecule has 0 aromatic rings. The Kier molecular flexibility index (Phi) is 25.2. The lowest BCUT2D eigenvalue weighted by atomic mass is 9.33. The first-order valence-electron chi connectivity index (χ1n) is 37.8. The Morgan fingerprint density at radius 1 is 0.486 bits per heavy atom. The van der Waals surface area contributed by atoms with E-state index in [0.717, 1.165) is 18.8 Å².